The van der Waals surface area contributed by atoms with E-state index in [9.17, 15) is 9.59 Å². The van der Waals surface area contributed by atoms with Crippen molar-refractivity contribution < 1.29 is 14.0 Å². The number of rotatable bonds is 7. The Morgan fingerprint density at radius 3 is 2.86 bits per heavy atom. The lowest BCUT2D eigenvalue weighted by molar-refractivity contribution is -0.129. The summed E-state index contributed by atoms with van der Waals surface area (Å²) in [5.41, 5.74) is 2.00. The van der Waals surface area contributed by atoms with Crippen LogP contribution in [0.25, 0.3) is 11.0 Å². The van der Waals surface area contributed by atoms with Crippen LogP contribution in [0.2, 0.25) is 0 Å². The van der Waals surface area contributed by atoms with Crippen LogP contribution in [0, 0.1) is 11.8 Å². The van der Waals surface area contributed by atoms with Gasteiger partial charge in [-0.05, 0) is 30.2 Å². The van der Waals surface area contributed by atoms with Crippen molar-refractivity contribution in [3.05, 3.63) is 54.2 Å². The third kappa shape index (κ3) is 4.18. The van der Waals surface area contributed by atoms with Gasteiger partial charge in [0.05, 0.1) is 36.3 Å². The topological polar surface area (TPSA) is 80.4 Å². The maximum absolute atomic E-state index is 12.7. The minimum atomic E-state index is -0.347. The molecule has 1 saturated heterocycles. The van der Waals surface area contributed by atoms with E-state index in [1.165, 1.54) is 0 Å². The molecule has 1 aliphatic rings. The Hall–Kier alpha value is -3.09. The molecule has 29 heavy (non-hydrogen) atoms. The average molecular weight is 394 g/mol. The first-order valence-electron chi connectivity index (χ1n) is 10.0. The van der Waals surface area contributed by atoms with Crippen LogP contribution in [0.1, 0.15) is 31.9 Å². The van der Waals surface area contributed by atoms with Crippen molar-refractivity contribution in [2.75, 3.05) is 6.54 Å². The molecular formula is C22H26N4O3. The van der Waals surface area contributed by atoms with E-state index < -0.39 is 0 Å². The van der Waals surface area contributed by atoms with Crippen molar-refractivity contribution in [1.29, 1.82) is 0 Å². The maximum Gasteiger partial charge on any atom is 0.225 e. The number of imidazole rings is 1. The summed E-state index contributed by atoms with van der Waals surface area (Å²) in [6, 6.07) is 11.6. The summed E-state index contributed by atoms with van der Waals surface area (Å²) in [6.45, 7) is 6.32. The Morgan fingerprint density at radius 2 is 2.10 bits per heavy atom. The summed E-state index contributed by atoms with van der Waals surface area (Å²) in [4.78, 5) is 31.4. The second-order valence-corrected chi connectivity index (χ2v) is 7.99. The van der Waals surface area contributed by atoms with Gasteiger partial charge in [-0.25, -0.2) is 4.98 Å². The fourth-order valence-electron chi connectivity index (χ4n) is 3.83. The summed E-state index contributed by atoms with van der Waals surface area (Å²) in [7, 11) is 0. The molecule has 0 aliphatic carbocycles. The molecule has 0 unspecified atom stereocenters. The number of aromatic nitrogens is 2. The molecule has 0 saturated carbocycles. The summed E-state index contributed by atoms with van der Waals surface area (Å²) >= 11 is 0. The Bertz CT molecular complexity index is 1010. The first-order valence-corrected chi connectivity index (χ1v) is 10.0. The van der Waals surface area contributed by atoms with Crippen molar-refractivity contribution >= 4 is 22.8 Å². The summed E-state index contributed by atoms with van der Waals surface area (Å²) < 4.78 is 7.48. The summed E-state index contributed by atoms with van der Waals surface area (Å²) in [5, 5.41) is 2.99. The van der Waals surface area contributed by atoms with Crippen LogP contribution in [-0.2, 0) is 29.2 Å². The molecule has 7 nitrogen and oxygen atoms in total. The van der Waals surface area contributed by atoms with Gasteiger partial charge < -0.3 is 19.2 Å². The van der Waals surface area contributed by atoms with E-state index in [0.717, 1.165) is 29.2 Å². The van der Waals surface area contributed by atoms with Crippen molar-refractivity contribution in [3.8, 4) is 0 Å². The largest absolute Gasteiger partial charge is 0.467 e. The number of nitrogens with zero attached hydrogens (tertiary/aromatic N) is 3. The minimum absolute atomic E-state index is 0.0198. The van der Waals surface area contributed by atoms with Gasteiger partial charge in [-0.3, -0.25) is 9.59 Å². The van der Waals surface area contributed by atoms with Crippen LogP contribution >= 0.6 is 0 Å². The zero-order valence-corrected chi connectivity index (χ0v) is 16.8. The summed E-state index contributed by atoms with van der Waals surface area (Å²) in [6.07, 6.45) is 1.82. The molecule has 1 fully saturated rings. The van der Waals surface area contributed by atoms with Gasteiger partial charge in [-0.15, -0.1) is 0 Å². The molecule has 1 N–H and O–H groups in total. The number of nitrogens with one attached hydrogen (secondary N) is 1. The van der Waals surface area contributed by atoms with E-state index in [2.05, 4.69) is 29.8 Å². The van der Waals surface area contributed by atoms with Crippen molar-refractivity contribution in [1.82, 2.24) is 19.8 Å². The molecule has 4 rings (SSSR count). The van der Waals surface area contributed by atoms with Gasteiger partial charge in [0.25, 0.3) is 0 Å². The van der Waals surface area contributed by atoms with Gasteiger partial charge in [0.2, 0.25) is 11.8 Å². The van der Waals surface area contributed by atoms with Gasteiger partial charge in [0, 0.05) is 19.5 Å². The predicted octanol–water partition coefficient (Wildman–Crippen LogP) is 2.95. The number of furan rings is 1. The standard InChI is InChI=1S/C22H26N4O3/c1-15(2)12-26-19-8-4-3-7-18(19)24-20(26)11-23-22(28)16-10-21(27)25(13-16)14-17-6-5-9-29-17/h3-9,15-16H,10-14H2,1-2H3,(H,23,28)/t16-/m1/s1. The Kier molecular flexibility index (Phi) is 5.38. The SMILES string of the molecule is CC(C)Cn1c(CNC(=O)[C@@H]2CC(=O)N(Cc3ccco3)C2)nc2ccccc21. The number of hydrogen-bond donors (Lipinski definition) is 1. The third-order valence-corrected chi connectivity index (χ3v) is 5.21. The fourth-order valence-corrected chi connectivity index (χ4v) is 3.83. The third-order valence-electron chi connectivity index (χ3n) is 5.21. The quantitative estimate of drug-likeness (QED) is 0.668. The van der Waals surface area contributed by atoms with Crippen molar-refractivity contribution in [2.45, 2.75) is 39.9 Å². The Labute approximate surface area is 169 Å². The molecule has 2 aromatic heterocycles. The molecule has 3 heterocycles. The van der Waals surface area contributed by atoms with Crippen LogP contribution < -0.4 is 5.32 Å². The zero-order valence-electron chi connectivity index (χ0n) is 16.8. The summed E-state index contributed by atoms with van der Waals surface area (Å²) in [5.74, 6) is 1.55. The van der Waals surface area contributed by atoms with Gasteiger partial charge in [-0.1, -0.05) is 26.0 Å². The molecule has 0 spiro atoms. The molecule has 3 aromatic rings. The number of carbonyl (C=O) groups excluding carboxylic acids is 2. The smallest absolute Gasteiger partial charge is 0.225 e. The highest BCUT2D eigenvalue weighted by Gasteiger charge is 2.34. The molecule has 7 heteroatoms. The number of para-hydroxylation sites is 2. The van der Waals surface area contributed by atoms with Gasteiger partial charge >= 0.3 is 0 Å². The van der Waals surface area contributed by atoms with E-state index in [1.54, 1.807) is 17.2 Å². The Morgan fingerprint density at radius 1 is 1.28 bits per heavy atom. The highest BCUT2D eigenvalue weighted by Crippen LogP contribution is 2.21. The van der Waals surface area contributed by atoms with Gasteiger partial charge in [0.1, 0.15) is 11.6 Å². The molecule has 0 radical (unpaired) electrons. The van der Waals surface area contributed by atoms with Crippen LogP contribution in [0.15, 0.2) is 47.1 Å². The molecule has 2 amide bonds. The maximum atomic E-state index is 12.7. The lowest BCUT2D eigenvalue weighted by Crippen LogP contribution is -2.33. The lowest BCUT2D eigenvalue weighted by Gasteiger charge is -2.15. The van der Waals surface area contributed by atoms with Crippen molar-refractivity contribution in [3.63, 3.8) is 0 Å². The highest BCUT2D eigenvalue weighted by atomic mass is 16.3. The molecule has 1 atom stereocenters. The van der Waals surface area contributed by atoms with E-state index in [1.807, 2.05) is 24.3 Å². The predicted molar refractivity (Wildman–Crippen MR) is 109 cm³/mol. The highest BCUT2D eigenvalue weighted by molar-refractivity contribution is 5.89. The Balaban J connectivity index is 1.41. The monoisotopic (exact) mass is 394 g/mol. The molecule has 1 aliphatic heterocycles. The average Bonchev–Trinajstić information content (AvgIpc) is 3.41. The number of amides is 2. The first-order chi connectivity index (χ1) is 14.0. The number of hydrogen-bond acceptors (Lipinski definition) is 4. The lowest BCUT2D eigenvalue weighted by atomic mass is 10.1. The second kappa shape index (κ2) is 8.11. The van der Waals surface area contributed by atoms with E-state index in [4.69, 9.17) is 9.40 Å². The first kappa shape index (κ1) is 19.2. The fraction of sp³-hybridized carbons (Fsp3) is 0.409. The number of carbonyl (C=O) groups is 2. The number of fused-ring (bicyclic) bond motifs is 1. The van der Waals surface area contributed by atoms with Crippen LogP contribution in [0.5, 0.6) is 0 Å². The van der Waals surface area contributed by atoms with Crippen molar-refractivity contribution in [2.24, 2.45) is 11.8 Å². The normalized spacial score (nSPS) is 16.9. The van der Waals surface area contributed by atoms with Gasteiger partial charge in [-0.2, -0.15) is 0 Å². The zero-order chi connectivity index (χ0) is 20.4. The number of likely N-dealkylation sites (tertiary alicyclic amines) is 1. The molecule has 0 bridgehead atoms. The van der Waals surface area contributed by atoms with Crippen LogP contribution in [-0.4, -0.2) is 32.8 Å². The van der Waals surface area contributed by atoms with Gasteiger partial charge in [0.15, 0.2) is 0 Å². The van der Waals surface area contributed by atoms with E-state index in [0.29, 0.717) is 25.6 Å². The van der Waals surface area contributed by atoms with Crippen LogP contribution in [0.3, 0.4) is 0 Å². The second-order valence-electron chi connectivity index (χ2n) is 7.99. The van der Waals surface area contributed by atoms with E-state index >= 15 is 0 Å². The molecule has 1 aromatic carbocycles. The number of benzene rings is 1. The van der Waals surface area contributed by atoms with E-state index in [-0.39, 0.29) is 24.2 Å². The van der Waals surface area contributed by atoms with Crippen LogP contribution in [0.4, 0.5) is 0 Å². The minimum Gasteiger partial charge on any atom is -0.467 e. The molecule has 152 valence electrons. The molecular weight excluding hydrogens is 368 g/mol.